The fraction of sp³-hybridized carbons (Fsp3) is 0.284. The average Bonchev–Trinajstić information content (AvgIpc) is 0.731. The second kappa shape index (κ2) is 39.8. The predicted octanol–water partition coefficient (Wildman–Crippen LogP) is 26.9. The molecule has 0 spiro atoms. The van der Waals surface area contributed by atoms with Crippen LogP contribution in [0.15, 0.2) is 379 Å². The molecule has 20 aromatic rings. The van der Waals surface area contributed by atoms with Gasteiger partial charge in [-0.3, -0.25) is 19.9 Å². The summed E-state index contributed by atoms with van der Waals surface area (Å²) in [5.74, 6) is 4.22. The van der Waals surface area contributed by atoms with Crippen molar-refractivity contribution in [2.45, 2.75) is 140 Å². The number of hydrogen-bond donors (Lipinski definition) is 4. The zero-order valence-electron chi connectivity index (χ0n) is 85.8. The summed E-state index contributed by atoms with van der Waals surface area (Å²) in [5, 5.41) is 62.7. The van der Waals surface area contributed by atoms with Crippen LogP contribution >= 0.6 is 0 Å². The van der Waals surface area contributed by atoms with Gasteiger partial charge in [0.15, 0.2) is 0 Å². The van der Waals surface area contributed by atoms with E-state index < -0.39 is 24.4 Å². The van der Waals surface area contributed by atoms with Crippen LogP contribution in [0.5, 0.6) is 0 Å². The Bertz CT molecular complexity index is 7950. The summed E-state index contributed by atoms with van der Waals surface area (Å²) in [4.78, 5) is 38.2. The number of aliphatic hydroxyl groups is 4. The van der Waals surface area contributed by atoms with Crippen LogP contribution in [-0.2, 0) is 26.2 Å². The van der Waals surface area contributed by atoms with Crippen LogP contribution in [0.25, 0.3) is 131 Å². The van der Waals surface area contributed by atoms with Crippen molar-refractivity contribution in [1.29, 1.82) is 0 Å². The highest BCUT2D eigenvalue weighted by Crippen LogP contribution is 2.56. The number of hydrogen-bond acceptors (Lipinski definition) is 12. The molecule has 0 aliphatic carbocycles. The quantitative estimate of drug-likeness (QED) is 0.0322. The molecule has 12 fully saturated rings. The number of fused-ring (bicyclic) bond motifs is 24. The van der Waals surface area contributed by atoms with Crippen LogP contribution in [0, 0.1) is 61.2 Å². The Morgan fingerprint density at radius 2 is 0.440 bits per heavy atom. The number of para-hydroxylation sites is 10. The van der Waals surface area contributed by atoms with Crippen molar-refractivity contribution in [1.82, 2.24) is 39.9 Å². The molecule has 0 amide bonds. The van der Waals surface area contributed by atoms with Crippen LogP contribution in [0.3, 0.4) is 0 Å². The molecule has 0 radical (unpaired) electrons. The summed E-state index contributed by atoms with van der Waals surface area (Å²) in [5.41, 5.74) is 23.9. The van der Waals surface area contributed by atoms with Crippen LogP contribution in [0.4, 0.5) is 0 Å². The lowest BCUT2D eigenvalue weighted by Crippen LogP contribution is -2.67. The molecule has 10 unspecified atom stereocenters. The van der Waals surface area contributed by atoms with Gasteiger partial charge in [-0.2, -0.15) is 0 Å². The number of pyridine rings is 8. The molecule has 12 aromatic carbocycles. The van der Waals surface area contributed by atoms with E-state index in [1.807, 2.05) is 85.5 Å². The van der Waals surface area contributed by atoms with Gasteiger partial charge in [0, 0.05) is 187 Å². The minimum absolute atomic E-state index is 0.113. The highest BCUT2D eigenvalue weighted by Gasteiger charge is 2.59. The molecule has 748 valence electrons. The maximum absolute atomic E-state index is 12.2. The SMILES string of the molecule is C=CC1C[N+]2(Cc3c4ccccc4nc4ccccc34)CCC1C[C@H]2[C@H](O)c1ccnc2ccc(C)cc12.C=CC1C[N+]2(Cc3c4ccccc4nc4ccccc34)CCC1C[C@H]2[C@H](O)c1ccnc2ccccc12.C=C[C@H]1C[N+]2(Cc3c4ccccc4nc4ccccc34)CCC1C[C@@H]2[C@@H](O)c1ccnc2ccc(C)cc12.C=C[C@H]1C[N+]2(Cc3c4ccccc4nc4ccccc34)CCC1C[C@@H]2[C@@H](O)c1ccnc2ccccc12. The van der Waals surface area contributed by atoms with Gasteiger partial charge in [0.25, 0.3) is 0 Å². The normalized spacial score (nSPS) is 25.9. The highest BCUT2D eigenvalue weighted by atomic mass is 16.3. The number of piperidine rings is 12. The van der Waals surface area contributed by atoms with E-state index in [0.29, 0.717) is 47.3 Å². The van der Waals surface area contributed by atoms with Crippen LogP contribution in [0.1, 0.15) is 131 Å². The zero-order valence-corrected chi connectivity index (χ0v) is 85.8. The Labute approximate surface area is 877 Å². The summed E-state index contributed by atoms with van der Waals surface area (Å²) in [7, 11) is 0. The molecule has 16 nitrogen and oxygen atoms in total. The van der Waals surface area contributed by atoms with E-state index in [1.54, 1.807) is 0 Å². The largest absolute Gasteiger partial charge is 0.382 e. The molecule has 32 rings (SSSR count). The third-order valence-electron chi connectivity index (χ3n) is 37.4. The summed E-state index contributed by atoms with van der Waals surface area (Å²) < 4.78 is 3.51. The Hall–Kier alpha value is -14.4. The molecule has 12 aliphatic heterocycles. The summed E-state index contributed by atoms with van der Waals surface area (Å²) >= 11 is 0. The number of quaternary nitrogens is 4. The first-order valence-corrected chi connectivity index (χ1v) is 54.5. The van der Waals surface area contributed by atoms with E-state index in [1.165, 1.54) is 102 Å². The Kier molecular flexibility index (Phi) is 25.6. The molecule has 4 N–H and O–H groups in total. The van der Waals surface area contributed by atoms with Gasteiger partial charge < -0.3 is 38.4 Å². The Morgan fingerprint density at radius 3 is 0.660 bits per heavy atom. The molecular weight excluding hydrogens is 1840 g/mol. The second-order valence-corrected chi connectivity index (χ2v) is 45.1. The van der Waals surface area contributed by atoms with Gasteiger partial charge in [-0.05, 0) is 169 Å². The van der Waals surface area contributed by atoms with E-state index in [9.17, 15) is 20.4 Å². The number of nitrogens with zero attached hydrogens (tertiary/aromatic N) is 12. The van der Waals surface area contributed by atoms with Crippen molar-refractivity contribution >= 4 is 131 Å². The van der Waals surface area contributed by atoms with E-state index in [4.69, 9.17) is 19.9 Å². The second-order valence-electron chi connectivity index (χ2n) is 45.1. The molecule has 8 bridgehead atoms. The van der Waals surface area contributed by atoms with Crippen molar-refractivity contribution < 1.29 is 38.4 Å². The molecule has 12 aliphatic rings. The molecule has 12 saturated heterocycles. The van der Waals surface area contributed by atoms with Gasteiger partial charge >= 0.3 is 0 Å². The number of aliphatic hydroxyl groups excluding tert-OH is 4. The van der Waals surface area contributed by atoms with Gasteiger partial charge in [-0.1, -0.05) is 230 Å². The van der Waals surface area contributed by atoms with E-state index in [-0.39, 0.29) is 24.2 Å². The van der Waals surface area contributed by atoms with Gasteiger partial charge in [0.05, 0.1) is 119 Å². The first-order chi connectivity index (χ1) is 73.5. The number of aromatic nitrogens is 8. The van der Waals surface area contributed by atoms with Crippen molar-refractivity contribution in [2.75, 3.05) is 52.4 Å². The topological polar surface area (TPSA) is 184 Å². The van der Waals surface area contributed by atoms with Gasteiger partial charge in [-0.25, -0.2) is 19.9 Å². The molecule has 16 heteroatoms. The molecule has 8 aromatic heterocycles. The minimum Gasteiger partial charge on any atom is -0.382 e. The number of benzene rings is 12. The number of rotatable bonds is 20. The third kappa shape index (κ3) is 17.2. The first-order valence-electron chi connectivity index (χ1n) is 54.5. The van der Waals surface area contributed by atoms with E-state index in [0.717, 1.165) is 232 Å². The Morgan fingerprint density at radius 1 is 0.247 bits per heavy atom. The lowest BCUT2D eigenvalue weighted by atomic mass is 9.71. The molecule has 0 saturated carbocycles. The standard InChI is InChI=1S/2C34H34N3O.2C33H32N3O/c2*1-3-23-20-37(21-29-25-8-4-6-10-31(25)36-32-11-7-5-9-26(29)32)17-15-24(23)19-33(37)34(38)27-14-16-35-30-13-12-22(2)18-28(27)30;2*1-2-22-20-36(21-28-25-10-4-7-13-30(25)35-31-14-8-5-11-26(28)31)18-16-23(22)19-32(36)33(37)27-15-17-34-29-12-6-3-9-24(27)29/h2*3-14,16,18,23-24,33-34,38H,1,15,17,19-21H2,2H3;2*2-15,17,22-23,32-33,37H,1,16,18-21H2/q4*+1/t23?,24?,33-,34+,37?;23-,24?,33+,34-,37?;22?,23?,32-,33+,36?;22-,23?,32+,33-,36?/m0000/s1. The van der Waals surface area contributed by atoms with Crippen molar-refractivity contribution in [3.8, 4) is 0 Å². The highest BCUT2D eigenvalue weighted by molar-refractivity contribution is 6.01. The Balaban J connectivity index is 0.000000104. The summed E-state index contributed by atoms with van der Waals surface area (Å²) in [6, 6.07) is 106. The predicted molar refractivity (Wildman–Crippen MR) is 609 cm³/mol. The first kappa shape index (κ1) is 96.4. The number of aryl methyl sites for hydroxylation is 2. The van der Waals surface area contributed by atoms with Crippen molar-refractivity contribution in [3.05, 3.63) is 434 Å². The molecule has 20 heterocycles. The van der Waals surface area contributed by atoms with Crippen molar-refractivity contribution in [3.63, 3.8) is 0 Å². The van der Waals surface area contributed by atoms with E-state index in [2.05, 4.69) is 327 Å². The third-order valence-corrected chi connectivity index (χ3v) is 37.4. The fourth-order valence-corrected chi connectivity index (χ4v) is 29.8. The molecule has 150 heavy (non-hydrogen) atoms. The summed E-state index contributed by atoms with van der Waals surface area (Å²) in [6.07, 6.45) is 22.6. The van der Waals surface area contributed by atoms with Crippen LogP contribution in [-0.4, -0.2) is 155 Å². The van der Waals surface area contributed by atoms with Gasteiger partial charge in [0.2, 0.25) is 0 Å². The maximum Gasteiger partial charge on any atom is 0.131 e. The van der Waals surface area contributed by atoms with Crippen LogP contribution in [0.2, 0.25) is 0 Å². The van der Waals surface area contributed by atoms with Gasteiger partial charge in [0.1, 0.15) is 74.8 Å². The summed E-state index contributed by atoms with van der Waals surface area (Å²) in [6.45, 7) is 33.0. The maximum atomic E-state index is 12.2. The average molecular weight is 1970 g/mol. The van der Waals surface area contributed by atoms with Crippen LogP contribution < -0.4 is 0 Å². The van der Waals surface area contributed by atoms with E-state index >= 15 is 0 Å². The van der Waals surface area contributed by atoms with Gasteiger partial charge in [-0.15, -0.1) is 26.3 Å². The molecule has 20 atom stereocenters. The lowest BCUT2D eigenvalue weighted by molar-refractivity contribution is -0.984. The zero-order chi connectivity index (χ0) is 102. The smallest absolute Gasteiger partial charge is 0.131 e. The minimum atomic E-state index is -0.560. The monoisotopic (exact) mass is 1970 g/mol. The lowest BCUT2D eigenvalue weighted by Gasteiger charge is -2.58. The van der Waals surface area contributed by atoms with Crippen molar-refractivity contribution in [2.24, 2.45) is 47.3 Å². The molecular formula is C134H132N12O4+4. The fourth-order valence-electron chi connectivity index (χ4n) is 29.8.